The maximum atomic E-state index is 12.9. The number of carboxylic acids is 1. The molecule has 1 aromatic rings. The molecular formula is C22H25BrN2O7S. The number of benzene rings is 1. The van der Waals surface area contributed by atoms with Crippen LogP contribution in [0.25, 0.3) is 6.08 Å². The number of halogens is 1. The number of carbonyl (C=O) groups excluding carboxylic acids is 3. The van der Waals surface area contributed by atoms with E-state index in [2.05, 4.69) is 15.9 Å². The molecule has 0 bridgehead atoms. The fourth-order valence-electron chi connectivity index (χ4n) is 3.55. The first kappa shape index (κ1) is 25.1. The molecule has 0 spiro atoms. The number of nitrogens with zero attached hydrogens (tertiary/aromatic N) is 2. The zero-order valence-electron chi connectivity index (χ0n) is 18.2. The van der Waals surface area contributed by atoms with Crippen molar-refractivity contribution in [1.82, 2.24) is 9.80 Å². The van der Waals surface area contributed by atoms with Crippen molar-refractivity contribution in [2.75, 3.05) is 32.8 Å². The Bertz CT molecular complexity index is 974. The van der Waals surface area contributed by atoms with Crippen LogP contribution in [0.4, 0.5) is 4.79 Å². The van der Waals surface area contributed by atoms with Crippen LogP contribution in [-0.4, -0.2) is 70.8 Å². The number of thioether (sulfide) groups is 1. The van der Waals surface area contributed by atoms with Gasteiger partial charge in [0.25, 0.3) is 11.1 Å². The minimum atomic E-state index is -1.13. The van der Waals surface area contributed by atoms with Gasteiger partial charge in [0.15, 0.2) is 18.1 Å². The van der Waals surface area contributed by atoms with Crippen LogP contribution in [0.2, 0.25) is 0 Å². The van der Waals surface area contributed by atoms with E-state index in [1.54, 1.807) is 24.0 Å². The highest BCUT2D eigenvalue weighted by atomic mass is 79.9. The summed E-state index contributed by atoms with van der Waals surface area (Å²) in [7, 11) is 0. The van der Waals surface area contributed by atoms with E-state index in [4.69, 9.17) is 14.6 Å². The normalized spacial score (nSPS) is 17.9. The molecule has 0 radical (unpaired) electrons. The Morgan fingerprint density at radius 3 is 2.48 bits per heavy atom. The summed E-state index contributed by atoms with van der Waals surface area (Å²) >= 11 is 4.12. The maximum absolute atomic E-state index is 12.9. The number of rotatable bonds is 8. The van der Waals surface area contributed by atoms with Crippen LogP contribution in [0.1, 0.15) is 38.2 Å². The molecule has 2 saturated heterocycles. The second-order valence-corrected chi connectivity index (χ2v) is 9.36. The molecule has 0 unspecified atom stereocenters. The zero-order valence-corrected chi connectivity index (χ0v) is 20.6. The van der Waals surface area contributed by atoms with Crippen LogP contribution in [-0.2, 0) is 14.4 Å². The van der Waals surface area contributed by atoms with Crippen LogP contribution >= 0.6 is 27.7 Å². The van der Waals surface area contributed by atoms with Crippen LogP contribution in [0, 0.1) is 0 Å². The lowest BCUT2D eigenvalue weighted by Gasteiger charge is -2.22. The van der Waals surface area contributed by atoms with Crippen LogP contribution in [0.5, 0.6) is 11.5 Å². The average molecular weight is 541 g/mol. The van der Waals surface area contributed by atoms with E-state index in [-0.39, 0.29) is 23.1 Å². The number of likely N-dealkylation sites (tertiary alicyclic amines) is 1. The molecule has 1 aromatic carbocycles. The third-order valence-corrected chi connectivity index (χ3v) is 6.59. The summed E-state index contributed by atoms with van der Waals surface area (Å²) in [5.74, 6) is -1.34. The summed E-state index contributed by atoms with van der Waals surface area (Å²) in [5.41, 5.74) is 0.553. The van der Waals surface area contributed by atoms with Gasteiger partial charge < -0.3 is 19.5 Å². The molecule has 1 N–H and O–H groups in total. The predicted octanol–water partition coefficient (Wildman–Crippen LogP) is 3.75. The fraction of sp³-hybridized carbons (Fsp3) is 0.455. The van der Waals surface area contributed by atoms with E-state index in [9.17, 15) is 19.2 Å². The van der Waals surface area contributed by atoms with Crippen molar-refractivity contribution < 1.29 is 33.8 Å². The van der Waals surface area contributed by atoms with Crippen molar-refractivity contribution in [3.05, 3.63) is 27.1 Å². The molecule has 0 saturated carbocycles. The fourth-order valence-corrected chi connectivity index (χ4v) is 4.96. The van der Waals surface area contributed by atoms with Crippen LogP contribution in [0.15, 0.2) is 21.5 Å². The highest BCUT2D eigenvalue weighted by Crippen LogP contribution is 2.39. The molecule has 2 aliphatic rings. The van der Waals surface area contributed by atoms with E-state index in [1.807, 2.05) is 0 Å². The standard InChI is InChI=1S/C22H25BrN2O7S/c1-2-31-16-10-14(9-15(23)20(16)32-13-19(27)28)11-17-21(29)25(22(30)33-17)12-18(26)24-7-5-3-4-6-8-24/h9-11H,2-8,12-13H2,1H3,(H,27,28). The molecule has 2 heterocycles. The summed E-state index contributed by atoms with van der Waals surface area (Å²) in [5, 5.41) is 8.39. The first-order valence-electron chi connectivity index (χ1n) is 10.6. The Kier molecular flexibility index (Phi) is 8.79. The van der Waals surface area contributed by atoms with Gasteiger partial charge in [-0.2, -0.15) is 0 Å². The highest BCUT2D eigenvalue weighted by molar-refractivity contribution is 9.10. The van der Waals surface area contributed by atoms with E-state index in [1.165, 1.54) is 6.08 Å². The van der Waals surface area contributed by atoms with E-state index >= 15 is 0 Å². The Balaban J connectivity index is 1.77. The number of aliphatic carboxylic acids is 1. The lowest BCUT2D eigenvalue weighted by molar-refractivity contribution is -0.139. The molecule has 0 aromatic heterocycles. The number of carboxylic acid groups (broad SMARTS) is 1. The molecule has 11 heteroatoms. The van der Waals surface area contributed by atoms with Gasteiger partial charge in [0.1, 0.15) is 6.54 Å². The van der Waals surface area contributed by atoms with Gasteiger partial charge in [-0.25, -0.2) is 4.79 Å². The third kappa shape index (κ3) is 6.50. The van der Waals surface area contributed by atoms with Gasteiger partial charge in [-0.15, -0.1) is 0 Å². The lowest BCUT2D eigenvalue weighted by atomic mass is 10.2. The van der Waals surface area contributed by atoms with Gasteiger partial charge >= 0.3 is 5.97 Å². The van der Waals surface area contributed by atoms with E-state index < -0.39 is 23.7 Å². The molecule has 2 aliphatic heterocycles. The quantitative estimate of drug-likeness (QED) is 0.496. The van der Waals surface area contributed by atoms with Crippen LogP contribution in [0.3, 0.4) is 0 Å². The van der Waals surface area contributed by atoms with Gasteiger partial charge in [-0.1, -0.05) is 12.8 Å². The minimum Gasteiger partial charge on any atom is -0.490 e. The Hall–Kier alpha value is -2.53. The van der Waals surface area contributed by atoms with Crippen molar-refractivity contribution in [2.24, 2.45) is 0 Å². The van der Waals surface area contributed by atoms with E-state index in [0.29, 0.717) is 35.5 Å². The van der Waals surface area contributed by atoms with Gasteiger partial charge in [-0.05, 0) is 71.2 Å². The van der Waals surface area contributed by atoms with Crippen molar-refractivity contribution in [1.29, 1.82) is 0 Å². The monoisotopic (exact) mass is 540 g/mol. The van der Waals surface area contributed by atoms with Crippen molar-refractivity contribution in [3.8, 4) is 11.5 Å². The second kappa shape index (κ2) is 11.6. The Morgan fingerprint density at radius 2 is 1.85 bits per heavy atom. The Morgan fingerprint density at radius 1 is 1.15 bits per heavy atom. The minimum absolute atomic E-state index is 0.192. The smallest absolute Gasteiger partial charge is 0.341 e. The predicted molar refractivity (Wildman–Crippen MR) is 126 cm³/mol. The molecular weight excluding hydrogens is 516 g/mol. The summed E-state index contributed by atoms with van der Waals surface area (Å²) < 4.78 is 11.3. The number of imide groups is 1. The molecule has 178 valence electrons. The van der Waals surface area contributed by atoms with Crippen molar-refractivity contribution in [3.63, 3.8) is 0 Å². The van der Waals surface area contributed by atoms with Gasteiger partial charge in [0.2, 0.25) is 5.91 Å². The number of hydrogen-bond donors (Lipinski definition) is 1. The lowest BCUT2D eigenvalue weighted by Crippen LogP contribution is -2.42. The summed E-state index contributed by atoms with van der Waals surface area (Å²) in [6, 6.07) is 3.23. The number of hydrogen-bond acceptors (Lipinski definition) is 7. The number of ether oxygens (including phenoxy) is 2. The number of amides is 3. The van der Waals surface area contributed by atoms with Crippen molar-refractivity contribution in [2.45, 2.75) is 32.6 Å². The molecule has 2 fully saturated rings. The molecule has 0 atom stereocenters. The van der Waals surface area contributed by atoms with Crippen molar-refractivity contribution >= 4 is 56.8 Å². The molecule has 3 rings (SSSR count). The Labute approximate surface area is 204 Å². The topological polar surface area (TPSA) is 113 Å². The maximum Gasteiger partial charge on any atom is 0.341 e. The molecule has 0 aliphatic carbocycles. The third-order valence-electron chi connectivity index (χ3n) is 5.10. The van der Waals surface area contributed by atoms with Crippen LogP contribution < -0.4 is 9.47 Å². The highest BCUT2D eigenvalue weighted by Gasteiger charge is 2.37. The average Bonchev–Trinajstić information content (AvgIpc) is 2.95. The van der Waals surface area contributed by atoms with Gasteiger partial charge in [0.05, 0.1) is 16.0 Å². The largest absolute Gasteiger partial charge is 0.490 e. The molecule has 3 amide bonds. The van der Waals surface area contributed by atoms with E-state index in [0.717, 1.165) is 42.3 Å². The summed E-state index contributed by atoms with van der Waals surface area (Å²) in [6.45, 7) is 2.58. The zero-order chi connectivity index (χ0) is 24.0. The second-order valence-electron chi connectivity index (χ2n) is 7.51. The first-order chi connectivity index (χ1) is 15.8. The van der Waals surface area contributed by atoms with Gasteiger partial charge in [-0.3, -0.25) is 19.3 Å². The SMILES string of the molecule is CCOc1cc(C=C2SC(=O)N(CC(=O)N3CCCCCC3)C2=O)cc(Br)c1OCC(=O)O. The number of carbonyl (C=O) groups is 4. The summed E-state index contributed by atoms with van der Waals surface area (Å²) in [6.07, 6.45) is 5.55. The molecule has 33 heavy (non-hydrogen) atoms. The first-order valence-corrected chi connectivity index (χ1v) is 12.2. The van der Waals surface area contributed by atoms with Gasteiger partial charge in [0, 0.05) is 13.1 Å². The summed E-state index contributed by atoms with van der Waals surface area (Å²) in [4.78, 5) is 51.7. The molecule has 9 nitrogen and oxygen atoms in total.